The highest BCUT2D eigenvalue weighted by Crippen LogP contribution is 2.25. The first-order valence-corrected chi connectivity index (χ1v) is 7.28. The molecule has 1 aliphatic carbocycles. The maximum absolute atomic E-state index is 11.7. The third kappa shape index (κ3) is 5.07. The maximum Gasteiger partial charge on any atom is 0.320 e. The number of carbonyl (C=O) groups excluding carboxylic acids is 1. The van der Waals surface area contributed by atoms with Crippen LogP contribution in [0, 0.1) is 5.92 Å². The van der Waals surface area contributed by atoms with Crippen LogP contribution in [0.1, 0.15) is 38.5 Å². The number of nitrogens with zero attached hydrogens (tertiary/aromatic N) is 1. The predicted octanol–water partition coefficient (Wildman–Crippen LogP) is 3.83. The standard InChI is InChI=1S/C14H20ClN3O/c15-12-7-9-16-13(10-12)18-14(19)17-8-6-11-4-2-1-3-5-11/h7,9-11H,1-6,8H2,(H2,16,17,18,19). The smallest absolute Gasteiger partial charge is 0.320 e. The number of aromatic nitrogens is 1. The molecule has 5 heteroatoms. The van der Waals surface area contributed by atoms with Crippen molar-refractivity contribution in [1.82, 2.24) is 10.3 Å². The Kier molecular flexibility index (Phi) is 5.45. The van der Waals surface area contributed by atoms with Gasteiger partial charge in [-0.3, -0.25) is 5.32 Å². The molecule has 0 radical (unpaired) electrons. The second kappa shape index (κ2) is 7.34. The number of pyridine rings is 1. The molecule has 1 heterocycles. The summed E-state index contributed by atoms with van der Waals surface area (Å²) in [6.45, 7) is 0.719. The van der Waals surface area contributed by atoms with Gasteiger partial charge in [0.2, 0.25) is 0 Å². The second-order valence-corrected chi connectivity index (χ2v) is 5.47. The molecule has 0 aliphatic heterocycles. The molecular weight excluding hydrogens is 262 g/mol. The molecule has 0 spiro atoms. The number of anilines is 1. The number of carbonyl (C=O) groups is 1. The van der Waals surface area contributed by atoms with E-state index >= 15 is 0 Å². The molecule has 0 atom stereocenters. The van der Waals surface area contributed by atoms with Crippen LogP contribution in [-0.4, -0.2) is 17.6 Å². The molecular formula is C14H20ClN3O. The Morgan fingerprint density at radius 3 is 2.89 bits per heavy atom. The van der Waals surface area contributed by atoms with Crippen molar-refractivity contribution in [2.75, 3.05) is 11.9 Å². The van der Waals surface area contributed by atoms with E-state index in [9.17, 15) is 4.79 Å². The summed E-state index contributed by atoms with van der Waals surface area (Å²) in [5.41, 5.74) is 0. The quantitative estimate of drug-likeness (QED) is 0.881. The van der Waals surface area contributed by atoms with E-state index in [0.717, 1.165) is 18.9 Å². The van der Waals surface area contributed by atoms with Crippen LogP contribution >= 0.6 is 11.6 Å². The van der Waals surface area contributed by atoms with E-state index in [2.05, 4.69) is 15.6 Å². The topological polar surface area (TPSA) is 54.0 Å². The van der Waals surface area contributed by atoms with Crippen LogP contribution in [0.15, 0.2) is 18.3 Å². The van der Waals surface area contributed by atoms with Gasteiger partial charge < -0.3 is 5.32 Å². The third-order valence-electron chi connectivity index (χ3n) is 3.53. The highest BCUT2D eigenvalue weighted by Gasteiger charge is 2.13. The minimum absolute atomic E-state index is 0.217. The van der Waals surface area contributed by atoms with E-state index in [1.165, 1.54) is 32.1 Å². The monoisotopic (exact) mass is 281 g/mol. The van der Waals surface area contributed by atoms with E-state index in [-0.39, 0.29) is 6.03 Å². The van der Waals surface area contributed by atoms with Crippen LogP contribution in [0.25, 0.3) is 0 Å². The molecule has 2 rings (SSSR count). The van der Waals surface area contributed by atoms with Gasteiger partial charge >= 0.3 is 6.03 Å². The molecule has 2 N–H and O–H groups in total. The summed E-state index contributed by atoms with van der Waals surface area (Å²) in [6.07, 6.45) is 9.28. The lowest BCUT2D eigenvalue weighted by atomic mass is 9.87. The van der Waals surface area contributed by atoms with Gasteiger partial charge in [-0.2, -0.15) is 0 Å². The van der Waals surface area contributed by atoms with Crippen molar-refractivity contribution in [2.24, 2.45) is 5.92 Å². The first-order valence-electron chi connectivity index (χ1n) is 6.90. The Hall–Kier alpha value is -1.29. The fourth-order valence-electron chi connectivity index (χ4n) is 2.50. The Morgan fingerprint density at radius 1 is 1.37 bits per heavy atom. The van der Waals surface area contributed by atoms with Gasteiger partial charge in [-0.1, -0.05) is 43.7 Å². The lowest BCUT2D eigenvalue weighted by molar-refractivity contribution is 0.250. The van der Waals surface area contributed by atoms with Gasteiger partial charge in [0.05, 0.1) is 0 Å². The van der Waals surface area contributed by atoms with Gasteiger partial charge in [-0.05, 0) is 24.5 Å². The Balaban J connectivity index is 1.67. The van der Waals surface area contributed by atoms with Crippen LogP contribution in [0.4, 0.5) is 10.6 Å². The normalized spacial score (nSPS) is 16.1. The molecule has 2 amide bonds. The first-order chi connectivity index (χ1) is 9.24. The van der Waals surface area contributed by atoms with Gasteiger partial charge in [-0.25, -0.2) is 9.78 Å². The van der Waals surface area contributed by atoms with Crippen molar-refractivity contribution < 1.29 is 4.79 Å². The largest absolute Gasteiger partial charge is 0.338 e. The molecule has 1 saturated carbocycles. The Labute approximate surface area is 118 Å². The van der Waals surface area contributed by atoms with Crippen LogP contribution in [0.3, 0.4) is 0 Å². The van der Waals surface area contributed by atoms with Gasteiger partial charge in [0.1, 0.15) is 5.82 Å². The summed E-state index contributed by atoms with van der Waals surface area (Å²) in [6, 6.07) is 3.08. The van der Waals surface area contributed by atoms with Crippen molar-refractivity contribution in [3.63, 3.8) is 0 Å². The average Bonchev–Trinajstić information content (AvgIpc) is 2.40. The van der Waals surface area contributed by atoms with Gasteiger partial charge in [0, 0.05) is 17.8 Å². The summed E-state index contributed by atoms with van der Waals surface area (Å²) in [5, 5.41) is 6.10. The fraction of sp³-hybridized carbons (Fsp3) is 0.571. The summed E-state index contributed by atoms with van der Waals surface area (Å²) in [7, 11) is 0. The minimum atomic E-state index is -0.217. The van der Waals surface area contributed by atoms with E-state index < -0.39 is 0 Å². The lowest BCUT2D eigenvalue weighted by Gasteiger charge is -2.21. The van der Waals surface area contributed by atoms with Crippen LogP contribution in [0.5, 0.6) is 0 Å². The number of amides is 2. The molecule has 104 valence electrons. The Bertz CT molecular complexity index is 419. The van der Waals surface area contributed by atoms with Gasteiger partial charge in [-0.15, -0.1) is 0 Å². The first kappa shape index (κ1) is 14.1. The van der Waals surface area contributed by atoms with Crippen molar-refractivity contribution in [1.29, 1.82) is 0 Å². The van der Waals surface area contributed by atoms with Crippen LogP contribution in [0.2, 0.25) is 5.02 Å². The number of rotatable bonds is 4. The molecule has 4 nitrogen and oxygen atoms in total. The number of hydrogen-bond acceptors (Lipinski definition) is 2. The van der Waals surface area contributed by atoms with Crippen molar-refractivity contribution in [2.45, 2.75) is 38.5 Å². The molecule has 0 unspecified atom stereocenters. The zero-order chi connectivity index (χ0) is 13.5. The van der Waals surface area contributed by atoms with Crippen molar-refractivity contribution in [3.05, 3.63) is 23.4 Å². The SMILES string of the molecule is O=C(NCCC1CCCCC1)Nc1cc(Cl)ccn1. The molecule has 1 aromatic rings. The summed E-state index contributed by atoms with van der Waals surface area (Å²) in [4.78, 5) is 15.7. The van der Waals surface area contributed by atoms with Gasteiger partial charge in [0.15, 0.2) is 0 Å². The number of halogens is 1. The predicted molar refractivity (Wildman–Crippen MR) is 77.5 cm³/mol. The highest BCUT2D eigenvalue weighted by molar-refractivity contribution is 6.30. The molecule has 0 bridgehead atoms. The third-order valence-corrected chi connectivity index (χ3v) is 3.76. The van der Waals surface area contributed by atoms with Crippen molar-refractivity contribution >= 4 is 23.4 Å². The molecule has 1 aromatic heterocycles. The fourth-order valence-corrected chi connectivity index (χ4v) is 2.66. The summed E-state index contributed by atoms with van der Waals surface area (Å²) < 4.78 is 0. The summed E-state index contributed by atoms with van der Waals surface area (Å²) in [5.74, 6) is 1.25. The zero-order valence-corrected chi connectivity index (χ0v) is 11.7. The lowest BCUT2D eigenvalue weighted by Crippen LogP contribution is -2.31. The molecule has 0 aromatic carbocycles. The van der Waals surface area contributed by atoms with E-state index in [4.69, 9.17) is 11.6 Å². The Morgan fingerprint density at radius 2 is 2.16 bits per heavy atom. The zero-order valence-electron chi connectivity index (χ0n) is 11.0. The molecule has 19 heavy (non-hydrogen) atoms. The van der Waals surface area contributed by atoms with Crippen LogP contribution in [-0.2, 0) is 0 Å². The van der Waals surface area contributed by atoms with Crippen LogP contribution < -0.4 is 10.6 Å². The number of urea groups is 1. The number of nitrogens with one attached hydrogen (secondary N) is 2. The molecule has 1 fully saturated rings. The van der Waals surface area contributed by atoms with E-state index in [1.807, 2.05) is 0 Å². The number of hydrogen-bond donors (Lipinski definition) is 2. The minimum Gasteiger partial charge on any atom is -0.338 e. The molecule has 0 saturated heterocycles. The van der Waals surface area contributed by atoms with E-state index in [1.54, 1.807) is 18.3 Å². The highest BCUT2D eigenvalue weighted by atomic mass is 35.5. The van der Waals surface area contributed by atoms with Gasteiger partial charge in [0.25, 0.3) is 0 Å². The second-order valence-electron chi connectivity index (χ2n) is 5.03. The average molecular weight is 282 g/mol. The summed E-state index contributed by atoms with van der Waals surface area (Å²) >= 11 is 5.82. The maximum atomic E-state index is 11.7. The van der Waals surface area contributed by atoms with E-state index in [0.29, 0.717) is 10.8 Å². The van der Waals surface area contributed by atoms with Crippen molar-refractivity contribution in [3.8, 4) is 0 Å². The molecule has 1 aliphatic rings.